The first kappa shape index (κ1) is 18.5. The number of hydrogen-bond acceptors (Lipinski definition) is 7. The van der Waals surface area contributed by atoms with Gasteiger partial charge >= 0.3 is 0 Å². The number of rotatable bonds is 6. The Hall–Kier alpha value is -3.24. The Balaban J connectivity index is 1.73. The Labute approximate surface area is 162 Å². The average Bonchev–Trinajstić information content (AvgIpc) is 3.15. The molecule has 27 heavy (non-hydrogen) atoms. The van der Waals surface area contributed by atoms with Crippen molar-refractivity contribution in [1.29, 1.82) is 0 Å². The van der Waals surface area contributed by atoms with Crippen molar-refractivity contribution in [3.8, 4) is 0 Å². The number of halogens is 1. The van der Waals surface area contributed by atoms with Gasteiger partial charge in [0, 0.05) is 22.2 Å². The third kappa shape index (κ3) is 4.90. The second kappa shape index (κ2) is 8.43. The summed E-state index contributed by atoms with van der Waals surface area (Å²) in [6.07, 6.45) is 2.64. The molecule has 1 aromatic heterocycles. The van der Waals surface area contributed by atoms with Gasteiger partial charge in [0.05, 0.1) is 16.0 Å². The Morgan fingerprint density at radius 1 is 1.33 bits per heavy atom. The maximum atomic E-state index is 12.0. The number of carbonyl (C=O) groups is 1. The molecule has 136 valence electrons. The topological polar surface area (TPSA) is 126 Å². The summed E-state index contributed by atoms with van der Waals surface area (Å²) < 4.78 is 0. The largest absolute Gasteiger partial charge is 0.283 e. The summed E-state index contributed by atoms with van der Waals surface area (Å²) >= 11 is 6.92. The van der Waals surface area contributed by atoms with E-state index in [1.54, 1.807) is 30.3 Å². The average molecular weight is 403 g/mol. The number of aromatic amines is 1. The van der Waals surface area contributed by atoms with Crippen molar-refractivity contribution in [2.45, 2.75) is 10.1 Å². The van der Waals surface area contributed by atoms with Crippen LogP contribution in [0.2, 0.25) is 5.02 Å². The molecule has 2 N–H and O–H groups in total. The first-order valence-electron chi connectivity index (χ1n) is 7.43. The molecule has 0 aliphatic rings. The van der Waals surface area contributed by atoms with Crippen molar-refractivity contribution in [1.82, 2.24) is 20.6 Å². The monoisotopic (exact) mass is 402 g/mol. The number of hydrogen-bond donors (Lipinski definition) is 2. The number of nitro benzene ring substituents is 1. The van der Waals surface area contributed by atoms with E-state index in [0.717, 1.165) is 11.8 Å². The molecular weight excluding hydrogens is 392 g/mol. The van der Waals surface area contributed by atoms with E-state index < -0.39 is 10.8 Å². The smallest absolute Gasteiger partial charge is 0.267 e. The normalized spacial score (nSPS) is 10.9. The molecule has 0 saturated heterocycles. The fourth-order valence-electron chi connectivity index (χ4n) is 2.05. The second-order valence-electron chi connectivity index (χ2n) is 5.09. The maximum absolute atomic E-state index is 12.0. The molecule has 0 fully saturated rings. The van der Waals surface area contributed by atoms with Gasteiger partial charge in [-0.2, -0.15) is 10.2 Å². The molecule has 1 heterocycles. The Kier molecular flexibility index (Phi) is 5.79. The number of hydrazone groups is 1. The highest BCUT2D eigenvalue weighted by Crippen LogP contribution is 2.33. The molecule has 0 unspecified atom stereocenters. The van der Waals surface area contributed by atoms with Crippen LogP contribution in [-0.2, 0) is 0 Å². The number of carbonyl (C=O) groups excluding carboxylic acids is 1. The molecule has 11 heteroatoms. The van der Waals surface area contributed by atoms with Crippen molar-refractivity contribution in [2.24, 2.45) is 5.10 Å². The third-order valence-electron chi connectivity index (χ3n) is 3.25. The van der Waals surface area contributed by atoms with Crippen molar-refractivity contribution < 1.29 is 9.72 Å². The van der Waals surface area contributed by atoms with Crippen molar-refractivity contribution in [2.75, 3.05) is 0 Å². The van der Waals surface area contributed by atoms with Gasteiger partial charge in [-0.3, -0.25) is 20.0 Å². The molecule has 3 aromatic rings. The van der Waals surface area contributed by atoms with E-state index in [9.17, 15) is 14.9 Å². The summed E-state index contributed by atoms with van der Waals surface area (Å²) in [5.41, 5.74) is 3.04. The summed E-state index contributed by atoms with van der Waals surface area (Å²) in [6, 6.07) is 11.0. The first-order chi connectivity index (χ1) is 13.0. The van der Waals surface area contributed by atoms with Gasteiger partial charge in [0.15, 0.2) is 5.16 Å². The van der Waals surface area contributed by atoms with E-state index in [0.29, 0.717) is 26.2 Å². The molecule has 2 aromatic carbocycles. The zero-order valence-corrected chi connectivity index (χ0v) is 15.1. The lowest BCUT2D eigenvalue weighted by atomic mass is 10.2. The lowest BCUT2D eigenvalue weighted by Gasteiger charge is -2.02. The van der Waals surface area contributed by atoms with Crippen LogP contribution in [0, 0.1) is 10.1 Å². The van der Waals surface area contributed by atoms with Crippen LogP contribution < -0.4 is 5.43 Å². The first-order valence-corrected chi connectivity index (χ1v) is 8.63. The molecule has 0 aliphatic heterocycles. The van der Waals surface area contributed by atoms with E-state index in [1.807, 2.05) is 0 Å². The number of H-pyrrole nitrogens is 1. The van der Waals surface area contributed by atoms with E-state index >= 15 is 0 Å². The number of aromatic nitrogens is 3. The van der Waals surface area contributed by atoms with Crippen LogP contribution in [0.15, 0.2) is 63.9 Å². The van der Waals surface area contributed by atoms with Crippen LogP contribution in [0.3, 0.4) is 0 Å². The molecule has 1 amide bonds. The zero-order chi connectivity index (χ0) is 19.2. The van der Waals surface area contributed by atoms with Gasteiger partial charge in [-0.25, -0.2) is 10.4 Å². The minimum atomic E-state index is -0.499. The number of benzene rings is 2. The highest BCUT2D eigenvalue weighted by molar-refractivity contribution is 7.99. The van der Waals surface area contributed by atoms with Crippen LogP contribution in [0.4, 0.5) is 5.69 Å². The minimum Gasteiger partial charge on any atom is -0.267 e. The van der Waals surface area contributed by atoms with Crippen LogP contribution in [0.1, 0.15) is 15.9 Å². The fourth-order valence-corrected chi connectivity index (χ4v) is 3.02. The van der Waals surface area contributed by atoms with Crippen LogP contribution in [0.5, 0.6) is 0 Å². The predicted octanol–water partition coefficient (Wildman–Crippen LogP) is 3.28. The number of nitrogens with one attached hydrogen (secondary N) is 2. The highest BCUT2D eigenvalue weighted by Gasteiger charge is 2.16. The lowest BCUT2D eigenvalue weighted by molar-refractivity contribution is -0.387. The van der Waals surface area contributed by atoms with E-state index in [4.69, 9.17) is 11.6 Å². The third-order valence-corrected chi connectivity index (χ3v) is 4.44. The van der Waals surface area contributed by atoms with Gasteiger partial charge < -0.3 is 0 Å². The van der Waals surface area contributed by atoms with Crippen LogP contribution in [0.25, 0.3) is 0 Å². The standard InChI is InChI=1S/C16H11ClN6O3S/c17-12-3-1-2-11(7-12)15(24)21-19-8-10-4-5-14(13(6-10)23(25)26)27-16-18-9-20-22-16/h1-9H,(H,21,24)(H,18,20,22)/b19-8-. The van der Waals surface area contributed by atoms with Gasteiger partial charge in [0.1, 0.15) is 6.33 Å². The zero-order valence-electron chi connectivity index (χ0n) is 13.5. The SMILES string of the molecule is O=C(N/N=C\c1ccc(Sc2ncn[nH]2)c([N+](=O)[O-])c1)c1cccc(Cl)c1. The van der Waals surface area contributed by atoms with Gasteiger partial charge in [-0.05, 0) is 36.0 Å². The van der Waals surface area contributed by atoms with Crippen LogP contribution >= 0.6 is 23.4 Å². The van der Waals surface area contributed by atoms with Gasteiger partial charge in [-0.1, -0.05) is 23.7 Å². The van der Waals surface area contributed by atoms with Crippen molar-refractivity contribution >= 4 is 41.2 Å². The van der Waals surface area contributed by atoms with Gasteiger partial charge in [0.25, 0.3) is 11.6 Å². The molecule has 0 aliphatic carbocycles. The summed E-state index contributed by atoms with van der Waals surface area (Å²) in [5.74, 6) is -0.444. The summed E-state index contributed by atoms with van der Waals surface area (Å²) in [4.78, 5) is 27.1. The Morgan fingerprint density at radius 3 is 2.89 bits per heavy atom. The maximum Gasteiger partial charge on any atom is 0.283 e. The summed E-state index contributed by atoms with van der Waals surface area (Å²) in [6.45, 7) is 0. The predicted molar refractivity (Wildman–Crippen MR) is 100 cm³/mol. The van der Waals surface area contributed by atoms with Crippen molar-refractivity contribution in [3.05, 3.63) is 75.1 Å². The molecular formula is C16H11ClN6O3S. The van der Waals surface area contributed by atoms with Gasteiger partial charge in [-0.15, -0.1) is 0 Å². The van der Waals surface area contributed by atoms with Crippen LogP contribution in [-0.4, -0.2) is 32.2 Å². The highest BCUT2D eigenvalue weighted by atomic mass is 35.5. The van der Waals surface area contributed by atoms with E-state index in [2.05, 4.69) is 25.7 Å². The Morgan fingerprint density at radius 2 is 2.19 bits per heavy atom. The number of amides is 1. The molecule has 0 radical (unpaired) electrons. The molecule has 0 bridgehead atoms. The quantitative estimate of drug-likeness (QED) is 0.370. The van der Waals surface area contributed by atoms with Gasteiger partial charge in [0.2, 0.25) is 0 Å². The molecule has 3 rings (SSSR count). The fraction of sp³-hybridized carbons (Fsp3) is 0. The summed E-state index contributed by atoms with van der Waals surface area (Å²) in [5, 5.41) is 22.3. The Bertz CT molecular complexity index is 1010. The van der Waals surface area contributed by atoms with E-state index in [1.165, 1.54) is 24.7 Å². The second-order valence-corrected chi connectivity index (χ2v) is 6.55. The molecule has 0 atom stereocenters. The molecule has 0 saturated carbocycles. The van der Waals surface area contributed by atoms with Crippen molar-refractivity contribution in [3.63, 3.8) is 0 Å². The number of nitrogens with zero attached hydrogens (tertiary/aromatic N) is 4. The number of nitro groups is 1. The lowest BCUT2D eigenvalue weighted by Crippen LogP contribution is -2.17. The molecule has 9 nitrogen and oxygen atoms in total. The van der Waals surface area contributed by atoms with E-state index in [-0.39, 0.29) is 5.69 Å². The molecule has 0 spiro atoms. The minimum absolute atomic E-state index is 0.110. The summed E-state index contributed by atoms with van der Waals surface area (Å²) in [7, 11) is 0.